The fourth-order valence-corrected chi connectivity index (χ4v) is 3.12. The molecule has 2 heterocycles. The number of hydrogen-bond donors (Lipinski definition) is 0. The van der Waals surface area contributed by atoms with Crippen LogP contribution in [0.1, 0.15) is 15.9 Å². The molecule has 152 valence electrons. The summed E-state index contributed by atoms with van der Waals surface area (Å²) in [6, 6.07) is 8.47. The van der Waals surface area contributed by atoms with E-state index in [1.54, 1.807) is 36.5 Å². The molecule has 0 radical (unpaired) electrons. The summed E-state index contributed by atoms with van der Waals surface area (Å²) in [6.45, 7) is 0. The molecule has 0 atom stereocenters. The van der Waals surface area contributed by atoms with Crippen molar-refractivity contribution in [2.24, 2.45) is 0 Å². The van der Waals surface area contributed by atoms with E-state index in [0.717, 1.165) is 0 Å². The first-order chi connectivity index (χ1) is 14.7. The van der Waals surface area contributed by atoms with Crippen LogP contribution in [-0.2, 0) is 0 Å². The monoisotopic (exact) mass is 406 g/mol. The summed E-state index contributed by atoms with van der Waals surface area (Å²) in [4.78, 5) is 21.7. The highest BCUT2D eigenvalue weighted by Crippen LogP contribution is 2.39. The molecule has 0 amide bonds. The van der Waals surface area contributed by atoms with E-state index in [2.05, 4.69) is 15.1 Å². The quantitative estimate of drug-likeness (QED) is 0.431. The number of methoxy groups -OCH3 is 3. The number of benzene rings is 2. The van der Waals surface area contributed by atoms with E-state index in [1.165, 1.54) is 44.9 Å². The summed E-state index contributed by atoms with van der Waals surface area (Å²) in [7, 11) is 4.50. The molecule has 2 aromatic carbocycles. The highest BCUT2D eigenvalue weighted by molar-refractivity contribution is 6.12. The van der Waals surface area contributed by atoms with Crippen molar-refractivity contribution in [1.29, 1.82) is 0 Å². The van der Waals surface area contributed by atoms with E-state index in [9.17, 15) is 4.79 Å². The topological polar surface area (TPSA) is 102 Å². The van der Waals surface area contributed by atoms with Gasteiger partial charge in [-0.05, 0) is 30.3 Å². The van der Waals surface area contributed by atoms with Gasteiger partial charge >= 0.3 is 0 Å². The number of hydrogen-bond acceptors (Lipinski definition) is 8. The van der Waals surface area contributed by atoms with Crippen molar-refractivity contribution >= 4 is 5.78 Å². The van der Waals surface area contributed by atoms with E-state index in [1.807, 2.05) is 0 Å². The van der Waals surface area contributed by atoms with E-state index < -0.39 is 0 Å². The normalized spacial score (nSPS) is 10.6. The fraction of sp³-hybridized carbons (Fsp3) is 0.143. The molecule has 0 saturated heterocycles. The first kappa shape index (κ1) is 19.2. The molecule has 0 aliphatic rings. The standard InChI is InChI=1S/C21H18N4O5/c1-27-17-9-14(10-18(28-2)20(17)29-3)19(26)15-8-13(21-23-6-7-30-21)4-5-16(15)25-12-22-11-24-25/h4-12H,1-3H3. The highest BCUT2D eigenvalue weighted by Gasteiger charge is 2.22. The lowest BCUT2D eigenvalue weighted by Gasteiger charge is -2.15. The Morgan fingerprint density at radius 3 is 2.37 bits per heavy atom. The van der Waals surface area contributed by atoms with Crippen LogP contribution in [-0.4, -0.2) is 46.9 Å². The van der Waals surface area contributed by atoms with Crippen molar-refractivity contribution in [1.82, 2.24) is 19.7 Å². The summed E-state index contributed by atoms with van der Waals surface area (Å²) in [5, 5.41) is 4.16. The zero-order valence-electron chi connectivity index (χ0n) is 16.5. The zero-order valence-corrected chi connectivity index (χ0v) is 16.5. The first-order valence-corrected chi connectivity index (χ1v) is 8.90. The molecule has 0 unspecified atom stereocenters. The number of ether oxygens (including phenoxy) is 3. The lowest BCUT2D eigenvalue weighted by atomic mass is 9.98. The number of ketones is 1. The van der Waals surface area contributed by atoms with Crippen LogP contribution in [0.4, 0.5) is 0 Å². The number of carbonyl (C=O) groups excluding carboxylic acids is 1. The molecule has 0 aliphatic carbocycles. The van der Waals surface area contributed by atoms with Gasteiger partial charge < -0.3 is 18.6 Å². The Kier molecular flexibility index (Phi) is 5.17. The maximum Gasteiger partial charge on any atom is 0.225 e. The third-order valence-corrected chi connectivity index (χ3v) is 4.51. The minimum Gasteiger partial charge on any atom is -0.493 e. The number of aromatic nitrogens is 4. The Hall–Kier alpha value is -4.14. The highest BCUT2D eigenvalue weighted by atomic mass is 16.5. The lowest BCUT2D eigenvalue weighted by molar-refractivity contribution is 0.103. The van der Waals surface area contributed by atoms with Gasteiger partial charge in [-0.3, -0.25) is 4.79 Å². The van der Waals surface area contributed by atoms with Crippen molar-refractivity contribution in [2.75, 3.05) is 21.3 Å². The predicted molar refractivity (Wildman–Crippen MR) is 106 cm³/mol. The molecule has 4 aromatic rings. The average Bonchev–Trinajstić information content (AvgIpc) is 3.51. The summed E-state index contributed by atoms with van der Waals surface area (Å²) in [5.41, 5.74) is 1.95. The molecule has 30 heavy (non-hydrogen) atoms. The molecule has 0 bridgehead atoms. The van der Waals surface area contributed by atoms with E-state index >= 15 is 0 Å². The SMILES string of the molecule is COc1cc(C(=O)c2cc(-c3ncco3)ccc2-n2cncn2)cc(OC)c1OC. The smallest absolute Gasteiger partial charge is 0.225 e. The van der Waals surface area contributed by atoms with Gasteiger partial charge in [0, 0.05) is 16.7 Å². The second-order valence-electron chi connectivity index (χ2n) is 6.15. The van der Waals surface area contributed by atoms with Crippen molar-refractivity contribution in [3.63, 3.8) is 0 Å². The van der Waals surface area contributed by atoms with E-state index in [-0.39, 0.29) is 5.78 Å². The summed E-state index contributed by atoms with van der Waals surface area (Å²) >= 11 is 0. The van der Waals surface area contributed by atoms with Gasteiger partial charge in [0.2, 0.25) is 11.6 Å². The van der Waals surface area contributed by atoms with Gasteiger partial charge in [0.1, 0.15) is 18.9 Å². The number of oxazole rings is 1. The fourth-order valence-electron chi connectivity index (χ4n) is 3.12. The molecule has 4 rings (SSSR count). The van der Waals surface area contributed by atoms with Crippen LogP contribution < -0.4 is 14.2 Å². The Bertz CT molecular complexity index is 1150. The second-order valence-corrected chi connectivity index (χ2v) is 6.15. The first-order valence-electron chi connectivity index (χ1n) is 8.90. The van der Waals surface area contributed by atoms with Gasteiger partial charge in [-0.2, -0.15) is 5.10 Å². The number of carbonyl (C=O) groups is 1. The van der Waals surface area contributed by atoms with Gasteiger partial charge in [-0.1, -0.05) is 0 Å². The van der Waals surface area contributed by atoms with Crippen molar-refractivity contribution in [2.45, 2.75) is 0 Å². The minimum absolute atomic E-state index is 0.270. The van der Waals surface area contributed by atoms with Gasteiger partial charge in [0.15, 0.2) is 17.3 Å². The summed E-state index contributed by atoms with van der Waals surface area (Å²) in [5.74, 6) is 1.30. The summed E-state index contributed by atoms with van der Waals surface area (Å²) < 4.78 is 23.0. The van der Waals surface area contributed by atoms with Crippen LogP contribution in [0.2, 0.25) is 0 Å². The molecule has 0 saturated carbocycles. The molecular weight excluding hydrogens is 388 g/mol. The second kappa shape index (κ2) is 8.08. The Labute approximate surface area is 171 Å². The zero-order chi connectivity index (χ0) is 21.1. The van der Waals surface area contributed by atoms with Gasteiger partial charge in [0.25, 0.3) is 0 Å². The summed E-state index contributed by atoms with van der Waals surface area (Å²) in [6.07, 6.45) is 5.94. The van der Waals surface area contributed by atoms with E-state index in [4.69, 9.17) is 18.6 Å². The van der Waals surface area contributed by atoms with Crippen molar-refractivity contribution < 1.29 is 23.4 Å². The van der Waals surface area contributed by atoms with Gasteiger partial charge in [-0.15, -0.1) is 0 Å². The molecule has 0 fully saturated rings. The van der Waals surface area contributed by atoms with Gasteiger partial charge in [-0.25, -0.2) is 14.6 Å². The molecule has 0 N–H and O–H groups in total. The Balaban J connectivity index is 1.88. The number of nitrogens with zero attached hydrogens (tertiary/aromatic N) is 4. The maximum absolute atomic E-state index is 13.6. The van der Waals surface area contributed by atoms with Crippen LogP contribution in [0.15, 0.2) is 59.9 Å². The van der Waals surface area contributed by atoms with Crippen LogP contribution in [0.25, 0.3) is 17.1 Å². The van der Waals surface area contributed by atoms with Crippen molar-refractivity contribution in [3.05, 3.63) is 66.6 Å². The molecule has 0 aliphatic heterocycles. The largest absolute Gasteiger partial charge is 0.493 e. The van der Waals surface area contributed by atoms with Gasteiger partial charge in [0.05, 0.1) is 33.2 Å². The molecule has 2 aromatic heterocycles. The molecule has 9 heteroatoms. The Morgan fingerprint density at radius 1 is 1.03 bits per heavy atom. The van der Waals surface area contributed by atoms with Crippen molar-refractivity contribution in [3.8, 4) is 34.4 Å². The van der Waals surface area contributed by atoms with Crippen LogP contribution in [0.3, 0.4) is 0 Å². The average molecular weight is 406 g/mol. The molecule has 9 nitrogen and oxygen atoms in total. The van der Waals surface area contributed by atoms with Crippen LogP contribution in [0, 0.1) is 0 Å². The van der Waals surface area contributed by atoms with E-state index in [0.29, 0.717) is 45.5 Å². The predicted octanol–water partition coefficient (Wildman–Crippen LogP) is 3.18. The minimum atomic E-state index is -0.270. The number of rotatable bonds is 7. The maximum atomic E-state index is 13.6. The lowest BCUT2D eigenvalue weighted by Crippen LogP contribution is -2.09. The molecule has 0 spiro atoms. The molecular formula is C21H18N4O5. The van der Waals surface area contributed by atoms with Crippen LogP contribution >= 0.6 is 0 Å². The third-order valence-electron chi connectivity index (χ3n) is 4.51. The van der Waals surface area contributed by atoms with Crippen LogP contribution in [0.5, 0.6) is 17.2 Å². The Morgan fingerprint density at radius 2 is 1.80 bits per heavy atom. The third kappa shape index (κ3) is 3.37.